The summed E-state index contributed by atoms with van der Waals surface area (Å²) >= 11 is 1.75. The van der Waals surface area contributed by atoms with Crippen LogP contribution in [0.25, 0.3) is 0 Å². The highest BCUT2D eigenvalue weighted by atomic mass is 32.1. The second-order valence-corrected chi connectivity index (χ2v) is 6.51. The van der Waals surface area contributed by atoms with Gasteiger partial charge in [0.1, 0.15) is 10.0 Å². The minimum absolute atomic E-state index is 0.159. The molecule has 114 valence electrons. The molecule has 2 aromatic rings. The van der Waals surface area contributed by atoms with E-state index in [1.807, 2.05) is 0 Å². The lowest BCUT2D eigenvalue weighted by atomic mass is 10.1. The van der Waals surface area contributed by atoms with Crippen LogP contribution in [0, 0.1) is 0 Å². The molecule has 0 aliphatic rings. The van der Waals surface area contributed by atoms with E-state index in [1.54, 1.807) is 11.3 Å². The minimum atomic E-state index is 0.159. The molecule has 0 aliphatic heterocycles. The predicted molar refractivity (Wildman–Crippen MR) is 89.8 cm³/mol. The molecule has 1 aromatic carbocycles. The Bertz CT molecular complexity index is 524. The van der Waals surface area contributed by atoms with Crippen molar-refractivity contribution in [2.24, 2.45) is 0 Å². The number of aromatic nitrogens is 2. The second-order valence-electron chi connectivity index (χ2n) is 5.47. The van der Waals surface area contributed by atoms with Gasteiger partial charge in [0.2, 0.25) is 0 Å². The fraction of sp³-hybridized carbons (Fsp3) is 0.529. The molecule has 0 saturated heterocycles. The molecule has 21 heavy (non-hydrogen) atoms. The van der Waals surface area contributed by atoms with Crippen molar-refractivity contribution < 1.29 is 0 Å². The highest BCUT2D eigenvalue weighted by Gasteiger charge is 2.19. The van der Waals surface area contributed by atoms with Crippen LogP contribution < -0.4 is 5.32 Å². The first kappa shape index (κ1) is 16.1. The van der Waals surface area contributed by atoms with Gasteiger partial charge in [0, 0.05) is 5.92 Å². The van der Waals surface area contributed by atoms with Crippen molar-refractivity contribution in [3.63, 3.8) is 0 Å². The molecule has 1 N–H and O–H groups in total. The van der Waals surface area contributed by atoms with Gasteiger partial charge in [-0.1, -0.05) is 68.9 Å². The summed E-state index contributed by atoms with van der Waals surface area (Å²) in [4.78, 5) is 0. The van der Waals surface area contributed by atoms with E-state index in [0.29, 0.717) is 5.92 Å². The van der Waals surface area contributed by atoms with Gasteiger partial charge < -0.3 is 5.32 Å². The summed E-state index contributed by atoms with van der Waals surface area (Å²) in [6.07, 6.45) is 3.47. The topological polar surface area (TPSA) is 37.8 Å². The van der Waals surface area contributed by atoms with Crippen molar-refractivity contribution in [2.45, 2.75) is 52.0 Å². The summed E-state index contributed by atoms with van der Waals surface area (Å²) in [6.45, 7) is 7.63. The van der Waals surface area contributed by atoms with Crippen molar-refractivity contribution in [3.05, 3.63) is 45.9 Å². The third-order valence-electron chi connectivity index (χ3n) is 3.58. The van der Waals surface area contributed by atoms with E-state index in [4.69, 9.17) is 0 Å². The van der Waals surface area contributed by atoms with Crippen LogP contribution in [0.2, 0.25) is 0 Å². The standard InChI is InChI=1S/C17H25N3S/c1-4-9-13(3)16-19-20-17(21-16)15(18-12-5-2)14-10-7-6-8-11-14/h6-8,10-11,13,15,18H,4-5,9,12H2,1-3H3. The molecule has 0 amide bonds. The number of nitrogens with zero attached hydrogens (tertiary/aromatic N) is 2. The number of benzene rings is 1. The molecule has 0 aliphatic carbocycles. The zero-order valence-electron chi connectivity index (χ0n) is 13.2. The van der Waals surface area contributed by atoms with Gasteiger partial charge in [-0.2, -0.15) is 0 Å². The summed E-state index contributed by atoms with van der Waals surface area (Å²) in [5, 5.41) is 14.7. The van der Waals surface area contributed by atoms with Crippen LogP contribution >= 0.6 is 11.3 Å². The van der Waals surface area contributed by atoms with Gasteiger partial charge >= 0.3 is 0 Å². The van der Waals surface area contributed by atoms with Gasteiger partial charge in [0.15, 0.2) is 0 Å². The van der Waals surface area contributed by atoms with Crippen molar-refractivity contribution >= 4 is 11.3 Å². The van der Waals surface area contributed by atoms with Crippen LogP contribution in [0.15, 0.2) is 30.3 Å². The normalized spacial score (nSPS) is 14.0. The van der Waals surface area contributed by atoms with E-state index in [1.165, 1.54) is 18.4 Å². The predicted octanol–water partition coefficient (Wildman–Crippen LogP) is 4.53. The molecule has 2 rings (SSSR count). The Balaban J connectivity index is 2.21. The maximum atomic E-state index is 4.46. The largest absolute Gasteiger partial charge is 0.304 e. The summed E-state index contributed by atoms with van der Waals surface area (Å²) in [6, 6.07) is 10.7. The fourth-order valence-electron chi connectivity index (χ4n) is 2.40. The second kappa shape index (κ2) is 8.25. The maximum absolute atomic E-state index is 4.46. The highest BCUT2D eigenvalue weighted by molar-refractivity contribution is 7.11. The Morgan fingerprint density at radius 1 is 1.05 bits per heavy atom. The molecular weight excluding hydrogens is 278 g/mol. The maximum Gasteiger partial charge on any atom is 0.139 e. The molecule has 2 atom stereocenters. The lowest BCUT2D eigenvalue weighted by molar-refractivity contribution is 0.590. The summed E-state index contributed by atoms with van der Waals surface area (Å²) in [5.41, 5.74) is 1.26. The highest BCUT2D eigenvalue weighted by Crippen LogP contribution is 2.29. The molecule has 0 fully saturated rings. The summed E-state index contributed by atoms with van der Waals surface area (Å²) < 4.78 is 0. The van der Waals surface area contributed by atoms with Gasteiger partial charge in [-0.25, -0.2) is 0 Å². The fourth-order valence-corrected chi connectivity index (χ4v) is 3.43. The lowest BCUT2D eigenvalue weighted by Crippen LogP contribution is -2.23. The van der Waals surface area contributed by atoms with Crippen LogP contribution in [0.5, 0.6) is 0 Å². The first-order valence-corrected chi connectivity index (χ1v) is 8.69. The third kappa shape index (κ3) is 4.35. The average Bonchev–Trinajstić information content (AvgIpc) is 2.99. The van der Waals surface area contributed by atoms with Crippen molar-refractivity contribution in [1.29, 1.82) is 0 Å². The van der Waals surface area contributed by atoms with Gasteiger partial charge in [-0.05, 0) is 24.9 Å². The van der Waals surface area contributed by atoms with E-state index >= 15 is 0 Å². The SMILES string of the molecule is CCCNC(c1ccccc1)c1nnc(C(C)CCC)s1. The smallest absolute Gasteiger partial charge is 0.139 e. The lowest BCUT2D eigenvalue weighted by Gasteiger charge is -2.16. The molecule has 2 unspecified atom stereocenters. The molecule has 4 heteroatoms. The zero-order valence-corrected chi connectivity index (χ0v) is 14.0. The van der Waals surface area contributed by atoms with E-state index in [9.17, 15) is 0 Å². The number of hydrogen-bond donors (Lipinski definition) is 1. The Labute approximate surface area is 131 Å². The van der Waals surface area contributed by atoms with E-state index in [0.717, 1.165) is 23.0 Å². The van der Waals surface area contributed by atoms with Gasteiger partial charge in [0.05, 0.1) is 6.04 Å². The number of hydrogen-bond acceptors (Lipinski definition) is 4. The van der Waals surface area contributed by atoms with E-state index in [-0.39, 0.29) is 6.04 Å². The Kier molecular flexibility index (Phi) is 6.33. The van der Waals surface area contributed by atoms with Gasteiger partial charge in [-0.15, -0.1) is 10.2 Å². The number of rotatable bonds is 8. The zero-order chi connectivity index (χ0) is 15.1. The average molecular weight is 303 g/mol. The Morgan fingerprint density at radius 2 is 1.76 bits per heavy atom. The van der Waals surface area contributed by atoms with Crippen molar-refractivity contribution in [3.8, 4) is 0 Å². The van der Waals surface area contributed by atoms with Crippen LogP contribution in [0.3, 0.4) is 0 Å². The summed E-state index contributed by atoms with van der Waals surface area (Å²) in [7, 11) is 0. The molecule has 0 bridgehead atoms. The Hall–Kier alpha value is -1.26. The van der Waals surface area contributed by atoms with Gasteiger partial charge in [-0.3, -0.25) is 0 Å². The monoisotopic (exact) mass is 303 g/mol. The summed E-state index contributed by atoms with van der Waals surface area (Å²) in [5.74, 6) is 0.504. The van der Waals surface area contributed by atoms with Crippen LogP contribution in [-0.2, 0) is 0 Å². The van der Waals surface area contributed by atoms with Crippen LogP contribution in [-0.4, -0.2) is 16.7 Å². The molecule has 3 nitrogen and oxygen atoms in total. The molecular formula is C17H25N3S. The van der Waals surface area contributed by atoms with Crippen LogP contribution in [0.4, 0.5) is 0 Å². The first-order valence-electron chi connectivity index (χ1n) is 7.87. The van der Waals surface area contributed by atoms with Crippen LogP contribution in [0.1, 0.15) is 67.6 Å². The molecule has 0 spiro atoms. The first-order chi connectivity index (χ1) is 10.3. The third-order valence-corrected chi connectivity index (χ3v) is 4.80. The minimum Gasteiger partial charge on any atom is -0.304 e. The molecule has 0 radical (unpaired) electrons. The quantitative estimate of drug-likeness (QED) is 0.778. The van der Waals surface area contributed by atoms with Gasteiger partial charge in [0.25, 0.3) is 0 Å². The van der Waals surface area contributed by atoms with E-state index in [2.05, 4.69) is 66.6 Å². The molecule has 1 heterocycles. The van der Waals surface area contributed by atoms with Crippen molar-refractivity contribution in [1.82, 2.24) is 15.5 Å². The van der Waals surface area contributed by atoms with E-state index < -0.39 is 0 Å². The molecule has 0 saturated carbocycles. The van der Waals surface area contributed by atoms with Crippen molar-refractivity contribution in [2.75, 3.05) is 6.54 Å². The Morgan fingerprint density at radius 3 is 2.43 bits per heavy atom. The number of nitrogens with one attached hydrogen (secondary N) is 1. The molecule has 1 aromatic heterocycles.